The zero-order chi connectivity index (χ0) is 9.72. The molecule has 3 heteroatoms. The Balaban J connectivity index is 4.55. The SMILES string of the molecule is CCC/C(=C(/O)C(C)O)N(C)C. The molecule has 3 nitrogen and oxygen atoms in total. The maximum absolute atomic E-state index is 9.48. The molecule has 0 aromatic carbocycles. The van der Waals surface area contributed by atoms with Crippen LogP contribution in [0.1, 0.15) is 26.7 Å². The molecule has 0 rings (SSSR count). The molecule has 1 atom stereocenters. The van der Waals surface area contributed by atoms with Gasteiger partial charge in [0, 0.05) is 14.1 Å². The molecule has 0 bridgehead atoms. The standard InChI is InChI=1S/C9H19NO2/c1-5-6-8(10(3)4)9(12)7(2)11/h7,11-12H,5-6H2,1-4H3/b9-8-. The summed E-state index contributed by atoms with van der Waals surface area (Å²) in [4.78, 5) is 1.84. The Morgan fingerprint density at radius 3 is 2.17 bits per heavy atom. The number of aliphatic hydroxyl groups excluding tert-OH is 2. The van der Waals surface area contributed by atoms with Crippen molar-refractivity contribution in [3.8, 4) is 0 Å². The van der Waals surface area contributed by atoms with Crippen molar-refractivity contribution in [1.82, 2.24) is 4.90 Å². The number of aliphatic hydroxyl groups is 2. The second-order valence-corrected chi connectivity index (χ2v) is 3.15. The number of hydrogen-bond acceptors (Lipinski definition) is 3. The van der Waals surface area contributed by atoms with Crippen LogP contribution < -0.4 is 0 Å². The molecule has 2 N–H and O–H groups in total. The highest BCUT2D eigenvalue weighted by molar-refractivity contribution is 5.08. The molecular weight excluding hydrogens is 154 g/mol. The predicted molar refractivity (Wildman–Crippen MR) is 49.9 cm³/mol. The third-order valence-corrected chi connectivity index (χ3v) is 1.72. The van der Waals surface area contributed by atoms with Crippen molar-refractivity contribution in [2.24, 2.45) is 0 Å². The van der Waals surface area contributed by atoms with Crippen LogP contribution in [-0.4, -0.2) is 35.3 Å². The third kappa shape index (κ3) is 3.13. The highest BCUT2D eigenvalue weighted by atomic mass is 16.3. The first-order valence-electron chi connectivity index (χ1n) is 4.28. The second-order valence-electron chi connectivity index (χ2n) is 3.15. The molecule has 0 spiro atoms. The lowest BCUT2D eigenvalue weighted by atomic mass is 10.1. The van der Waals surface area contributed by atoms with E-state index in [1.165, 1.54) is 0 Å². The van der Waals surface area contributed by atoms with E-state index in [9.17, 15) is 5.11 Å². The molecule has 0 amide bonds. The number of nitrogens with zero attached hydrogens (tertiary/aromatic N) is 1. The van der Waals surface area contributed by atoms with Gasteiger partial charge in [0.15, 0.2) is 0 Å². The molecule has 72 valence electrons. The summed E-state index contributed by atoms with van der Waals surface area (Å²) in [6, 6.07) is 0. The minimum absolute atomic E-state index is 0.0850. The average Bonchev–Trinajstić information content (AvgIpc) is 1.98. The maximum atomic E-state index is 9.48. The monoisotopic (exact) mass is 173 g/mol. The summed E-state index contributed by atoms with van der Waals surface area (Å²) in [6.45, 7) is 3.60. The first-order valence-corrected chi connectivity index (χ1v) is 4.28. The molecule has 0 aliphatic rings. The first kappa shape index (κ1) is 11.3. The second kappa shape index (κ2) is 5.04. The summed E-state index contributed by atoms with van der Waals surface area (Å²) < 4.78 is 0. The van der Waals surface area contributed by atoms with Crippen LogP contribution in [0.2, 0.25) is 0 Å². The van der Waals surface area contributed by atoms with Gasteiger partial charge in [0.25, 0.3) is 0 Å². The Morgan fingerprint density at radius 2 is 1.92 bits per heavy atom. The van der Waals surface area contributed by atoms with E-state index in [1.807, 2.05) is 25.9 Å². The molecule has 1 unspecified atom stereocenters. The van der Waals surface area contributed by atoms with Crippen molar-refractivity contribution in [2.45, 2.75) is 32.8 Å². The van der Waals surface area contributed by atoms with Gasteiger partial charge in [-0.3, -0.25) is 0 Å². The van der Waals surface area contributed by atoms with E-state index < -0.39 is 6.10 Å². The Labute approximate surface area is 74.3 Å². The van der Waals surface area contributed by atoms with E-state index in [-0.39, 0.29) is 5.76 Å². The minimum atomic E-state index is -0.769. The molecule has 0 heterocycles. The molecule has 0 radical (unpaired) electrons. The summed E-state index contributed by atoms with van der Waals surface area (Å²) in [5.41, 5.74) is 0.813. The van der Waals surface area contributed by atoms with E-state index in [2.05, 4.69) is 0 Å². The van der Waals surface area contributed by atoms with Crippen LogP contribution in [0.3, 0.4) is 0 Å². The molecular formula is C9H19NO2. The zero-order valence-corrected chi connectivity index (χ0v) is 8.33. The van der Waals surface area contributed by atoms with Gasteiger partial charge in [0.05, 0.1) is 5.70 Å². The summed E-state index contributed by atoms with van der Waals surface area (Å²) in [6.07, 6.45) is 0.988. The normalized spacial score (nSPS) is 15.4. The number of hydrogen-bond donors (Lipinski definition) is 2. The van der Waals surface area contributed by atoms with Crippen LogP contribution in [0.5, 0.6) is 0 Å². The summed E-state index contributed by atoms with van der Waals surface area (Å²) in [5.74, 6) is 0.0850. The van der Waals surface area contributed by atoms with E-state index in [0.717, 1.165) is 18.5 Å². The van der Waals surface area contributed by atoms with Gasteiger partial charge in [-0.1, -0.05) is 13.3 Å². The Morgan fingerprint density at radius 1 is 1.42 bits per heavy atom. The van der Waals surface area contributed by atoms with Crippen LogP contribution in [-0.2, 0) is 0 Å². The van der Waals surface area contributed by atoms with Gasteiger partial charge in [-0.15, -0.1) is 0 Å². The van der Waals surface area contributed by atoms with E-state index in [0.29, 0.717) is 0 Å². The first-order chi connectivity index (χ1) is 5.50. The molecule has 0 aromatic rings. The van der Waals surface area contributed by atoms with Crippen molar-refractivity contribution in [1.29, 1.82) is 0 Å². The highest BCUT2D eigenvalue weighted by Crippen LogP contribution is 2.14. The van der Waals surface area contributed by atoms with E-state index >= 15 is 0 Å². The van der Waals surface area contributed by atoms with Crippen molar-refractivity contribution in [3.63, 3.8) is 0 Å². The fourth-order valence-corrected chi connectivity index (χ4v) is 1.06. The van der Waals surface area contributed by atoms with Gasteiger partial charge >= 0.3 is 0 Å². The molecule has 0 aromatic heterocycles. The fraction of sp³-hybridized carbons (Fsp3) is 0.778. The summed E-state index contributed by atoms with van der Waals surface area (Å²) in [7, 11) is 3.73. The van der Waals surface area contributed by atoms with Gasteiger partial charge in [0.2, 0.25) is 0 Å². The van der Waals surface area contributed by atoms with Gasteiger partial charge in [0.1, 0.15) is 11.9 Å². The highest BCUT2D eigenvalue weighted by Gasteiger charge is 2.11. The fourth-order valence-electron chi connectivity index (χ4n) is 1.06. The van der Waals surface area contributed by atoms with Crippen molar-refractivity contribution in [3.05, 3.63) is 11.5 Å². The molecule has 12 heavy (non-hydrogen) atoms. The van der Waals surface area contributed by atoms with Crippen molar-refractivity contribution < 1.29 is 10.2 Å². The van der Waals surface area contributed by atoms with Crippen LogP contribution in [0.25, 0.3) is 0 Å². The molecule has 0 aliphatic carbocycles. The molecule has 0 saturated heterocycles. The average molecular weight is 173 g/mol. The van der Waals surface area contributed by atoms with E-state index in [4.69, 9.17) is 5.11 Å². The molecule has 0 fully saturated rings. The predicted octanol–water partition coefficient (Wildman–Crippen LogP) is 1.50. The molecule has 0 saturated carbocycles. The lowest BCUT2D eigenvalue weighted by Crippen LogP contribution is -2.18. The van der Waals surface area contributed by atoms with Crippen LogP contribution in [0.15, 0.2) is 11.5 Å². The number of rotatable bonds is 4. The quantitative estimate of drug-likeness (QED) is 0.633. The van der Waals surface area contributed by atoms with E-state index in [1.54, 1.807) is 6.92 Å². The van der Waals surface area contributed by atoms with Crippen LogP contribution in [0, 0.1) is 0 Å². The van der Waals surface area contributed by atoms with Crippen molar-refractivity contribution in [2.75, 3.05) is 14.1 Å². The maximum Gasteiger partial charge on any atom is 0.139 e. The van der Waals surface area contributed by atoms with Crippen LogP contribution >= 0.6 is 0 Å². The topological polar surface area (TPSA) is 43.7 Å². The zero-order valence-electron chi connectivity index (χ0n) is 8.33. The lowest BCUT2D eigenvalue weighted by Gasteiger charge is -2.19. The Kier molecular flexibility index (Phi) is 4.74. The third-order valence-electron chi connectivity index (χ3n) is 1.72. The van der Waals surface area contributed by atoms with Gasteiger partial charge in [-0.25, -0.2) is 0 Å². The Bertz CT molecular complexity index is 162. The van der Waals surface area contributed by atoms with Crippen molar-refractivity contribution >= 4 is 0 Å². The minimum Gasteiger partial charge on any atom is -0.508 e. The largest absolute Gasteiger partial charge is 0.508 e. The van der Waals surface area contributed by atoms with Crippen LogP contribution in [0.4, 0.5) is 0 Å². The Hall–Kier alpha value is -0.700. The smallest absolute Gasteiger partial charge is 0.139 e. The molecule has 0 aliphatic heterocycles. The van der Waals surface area contributed by atoms with Gasteiger partial charge < -0.3 is 15.1 Å². The van der Waals surface area contributed by atoms with Gasteiger partial charge in [-0.05, 0) is 13.3 Å². The lowest BCUT2D eigenvalue weighted by molar-refractivity contribution is 0.159. The summed E-state index contributed by atoms with van der Waals surface area (Å²) >= 11 is 0. The summed E-state index contributed by atoms with van der Waals surface area (Å²) in [5, 5.41) is 18.6. The van der Waals surface area contributed by atoms with Gasteiger partial charge in [-0.2, -0.15) is 0 Å². The number of allylic oxidation sites excluding steroid dienone is 1.